The van der Waals surface area contributed by atoms with Crippen LogP contribution in [0.25, 0.3) is 0 Å². The first-order valence-corrected chi connectivity index (χ1v) is 3.54. The van der Waals surface area contributed by atoms with Crippen LogP contribution in [0.3, 0.4) is 0 Å². The summed E-state index contributed by atoms with van der Waals surface area (Å²) < 4.78 is 8.63. The molecule has 9 heavy (non-hydrogen) atoms. The zero-order valence-corrected chi connectivity index (χ0v) is 8.29. The molecule has 0 heterocycles. The molecule has 0 aliphatic heterocycles. The molecule has 1 N–H and O–H groups in total. The minimum atomic E-state index is -3.38. The van der Waals surface area contributed by atoms with Crippen molar-refractivity contribution in [2.24, 2.45) is 0 Å². The first-order valence-electron chi connectivity index (χ1n) is 1.18. The number of hydrogen-bond acceptors (Lipinski definition) is 5. The molecule has 0 saturated heterocycles. The Labute approximate surface area is 72.2 Å². The molecule has 0 aromatic rings. The van der Waals surface area contributed by atoms with Gasteiger partial charge in [0.05, 0.1) is 0 Å². The molecule has 0 saturated carbocycles. The van der Waals surface area contributed by atoms with E-state index in [0.29, 0.717) is 0 Å². The van der Waals surface area contributed by atoms with E-state index in [2.05, 4.69) is 0 Å². The maximum Gasteiger partial charge on any atom is 4.00 e. The predicted octanol–water partition coefficient (Wildman–Crippen LogP) is -3.98. The Morgan fingerprint density at radius 3 is 1.33 bits per heavy atom. The van der Waals surface area contributed by atoms with E-state index < -0.39 is 16.9 Å². The summed E-state index contributed by atoms with van der Waals surface area (Å²) in [5.74, 6) is 0. The van der Waals surface area contributed by atoms with Crippen molar-refractivity contribution in [2.45, 2.75) is 0 Å². The van der Waals surface area contributed by atoms with Gasteiger partial charge in [-0.05, 0) is 0 Å². The fourth-order valence-corrected chi connectivity index (χ4v) is 0. The van der Waals surface area contributed by atoms with Crippen LogP contribution in [0.1, 0.15) is 0 Å². The monoisotopic (exact) mass is 250 g/mol. The quantitative estimate of drug-likeness (QED) is 0.437. The van der Waals surface area contributed by atoms with E-state index in [-0.39, 0.29) is 26.2 Å². The van der Waals surface area contributed by atoms with Gasteiger partial charge in [-0.2, -0.15) is 0 Å². The standard InChI is InChI=1S/H3O3P.O3P.Zr/c2*1-4(2)3;/h4H,(H2,1,2,3);;/q;-3;+4/p-1. The zero-order chi connectivity index (χ0) is 7.15. The van der Waals surface area contributed by atoms with Crippen molar-refractivity contribution in [3.63, 3.8) is 0 Å². The Balaban J connectivity index is -0.0000000720. The molecule has 0 aromatic carbocycles. The van der Waals surface area contributed by atoms with Gasteiger partial charge >= 0.3 is 26.2 Å². The average molecular weight is 251 g/mol. The molecule has 52 valence electrons. The maximum atomic E-state index is 8.63. The van der Waals surface area contributed by atoms with Gasteiger partial charge in [-0.15, -0.1) is 0 Å². The van der Waals surface area contributed by atoms with Crippen LogP contribution in [0, 0.1) is 0 Å². The summed E-state index contributed by atoms with van der Waals surface area (Å²) in [6.07, 6.45) is 0. The van der Waals surface area contributed by atoms with Gasteiger partial charge in [0.2, 0.25) is 0 Å². The molecule has 0 aromatic heterocycles. The van der Waals surface area contributed by atoms with Gasteiger partial charge in [-0.25, -0.2) is 0 Å². The van der Waals surface area contributed by atoms with Gasteiger partial charge < -0.3 is 37.6 Å². The van der Waals surface area contributed by atoms with Crippen LogP contribution < -0.4 is 19.6 Å². The van der Waals surface area contributed by atoms with Crippen LogP contribution in [0.2, 0.25) is 0 Å². The summed E-state index contributed by atoms with van der Waals surface area (Å²) in [4.78, 5) is 41.1. The summed E-state index contributed by atoms with van der Waals surface area (Å²) in [6, 6.07) is 0. The van der Waals surface area contributed by atoms with E-state index in [1.807, 2.05) is 0 Å². The molecule has 0 rings (SSSR count). The van der Waals surface area contributed by atoms with Gasteiger partial charge in [0, 0.05) is 0 Å². The Morgan fingerprint density at radius 1 is 1.33 bits per heavy atom. The first kappa shape index (κ1) is 16.7. The molecule has 0 aliphatic carbocycles. The van der Waals surface area contributed by atoms with Crippen molar-refractivity contribution < 1.29 is 55.2 Å². The number of hydrogen-bond donors (Lipinski definition) is 1. The van der Waals surface area contributed by atoms with Crippen LogP contribution in [-0.4, -0.2) is 4.89 Å². The first-order chi connectivity index (χ1) is 3.46. The van der Waals surface area contributed by atoms with Crippen molar-refractivity contribution >= 4 is 16.9 Å². The molecule has 1 unspecified atom stereocenters. The SMILES string of the molecule is O=[PH]([O-])O.[O-]P([O-])[O-].[Zr+4]. The van der Waals surface area contributed by atoms with E-state index in [1.54, 1.807) is 0 Å². The summed E-state index contributed by atoms with van der Waals surface area (Å²) in [7, 11) is -6.75. The van der Waals surface area contributed by atoms with Crippen LogP contribution in [0.4, 0.5) is 0 Å². The van der Waals surface area contributed by atoms with E-state index in [1.165, 1.54) is 0 Å². The van der Waals surface area contributed by atoms with E-state index in [4.69, 9.17) is 29.0 Å². The third kappa shape index (κ3) is 279. The summed E-state index contributed by atoms with van der Waals surface area (Å²) in [5, 5.41) is 0. The Morgan fingerprint density at radius 2 is 1.33 bits per heavy atom. The molecule has 6 nitrogen and oxygen atoms in total. The Kier molecular flexibility index (Phi) is 22.4. The fraction of sp³-hybridized carbons (Fsp3) is 0. The van der Waals surface area contributed by atoms with Gasteiger partial charge in [-0.3, -0.25) is 0 Å². The summed E-state index contributed by atoms with van der Waals surface area (Å²) in [5.41, 5.74) is 0. The molecule has 0 spiro atoms. The second-order valence-corrected chi connectivity index (χ2v) is 1.47. The van der Waals surface area contributed by atoms with Crippen LogP contribution in [0.5, 0.6) is 0 Å². The van der Waals surface area contributed by atoms with E-state index in [9.17, 15) is 0 Å². The Bertz CT molecular complexity index is 55.3. The van der Waals surface area contributed by atoms with Crippen LogP contribution in [0.15, 0.2) is 0 Å². The molecule has 1 atom stereocenters. The molecule has 0 bridgehead atoms. The van der Waals surface area contributed by atoms with Gasteiger partial charge in [0.15, 0.2) is 0 Å². The van der Waals surface area contributed by atoms with Gasteiger partial charge in [-0.1, -0.05) is 0 Å². The largest absolute Gasteiger partial charge is 4.00 e. The Hall–Kier alpha value is 1.34. The van der Waals surface area contributed by atoms with Crippen molar-refractivity contribution in [3.8, 4) is 0 Å². The second-order valence-electron chi connectivity index (χ2n) is 0.490. The minimum Gasteiger partial charge on any atom is -0.854 e. The third-order valence-corrected chi connectivity index (χ3v) is 0. The van der Waals surface area contributed by atoms with Gasteiger partial charge in [0.25, 0.3) is 0 Å². The fourth-order valence-electron chi connectivity index (χ4n) is 0. The van der Waals surface area contributed by atoms with Crippen molar-refractivity contribution in [1.82, 2.24) is 0 Å². The molecule has 0 radical (unpaired) electrons. The zero-order valence-electron chi connectivity index (χ0n) is 3.94. The summed E-state index contributed by atoms with van der Waals surface area (Å²) >= 11 is 0. The predicted molar refractivity (Wildman–Crippen MR) is 18.1 cm³/mol. The molecular formula is H2O6P2Zr. The molecular weight excluding hydrogens is 249 g/mol. The topological polar surface area (TPSA) is 130 Å². The van der Waals surface area contributed by atoms with Crippen LogP contribution >= 0.6 is 16.9 Å². The minimum absolute atomic E-state index is 0. The smallest absolute Gasteiger partial charge is 0.854 e. The molecule has 9 heteroatoms. The third-order valence-electron chi connectivity index (χ3n) is 0. The van der Waals surface area contributed by atoms with Crippen molar-refractivity contribution in [1.29, 1.82) is 0 Å². The second kappa shape index (κ2) is 12.1. The number of rotatable bonds is 0. The average Bonchev–Trinajstić information content (AvgIpc) is 1.25. The van der Waals surface area contributed by atoms with Gasteiger partial charge in [0.1, 0.15) is 8.25 Å². The molecule has 0 amide bonds. The van der Waals surface area contributed by atoms with E-state index >= 15 is 0 Å². The normalized spacial score (nSPS) is 10.9. The van der Waals surface area contributed by atoms with Crippen molar-refractivity contribution in [2.75, 3.05) is 0 Å². The van der Waals surface area contributed by atoms with Crippen molar-refractivity contribution in [3.05, 3.63) is 0 Å². The maximum absolute atomic E-state index is 8.63. The molecule has 0 fully saturated rings. The van der Waals surface area contributed by atoms with E-state index in [0.717, 1.165) is 0 Å². The molecule has 0 aliphatic rings. The summed E-state index contributed by atoms with van der Waals surface area (Å²) in [6.45, 7) is 0. The van der Waals surface area contributed by atoms with Crippen LogP contribution in [-0.2, 0) is 30.8 Å².